The number of benzene rings is 1. The highest BCUT2D eigenvalue weighted by molar-refractivity contribution is 5.20. The Balaban J connectivity index is 3.01. The van der Waals surface area contributed by atoms with Crippen molar-refractivity contribution < 1.29 is 13.2 Å². The molecule has 0 aliphatic carbocycles. The van der Waals surface area contributed by atoms with Crippen molar-refractivity contribution in [2.45, 2.75) is 6.05 Å². The zero-order chi connectivity index (χ0) is 10.1. The van der Waals surface area contributed by atoms with Crippen LogP contribution in [0.3, 0.4) is 0 Å². The Morgan fingerprint density at radius 3 is 1.92 bits per heavy atom. The molecule has 0 saturated heterocycles. The molecule has 0 saturated carbocycles. The van der Waals surface area contributed by atoms with E-state index in [2.05, 4.69) is 0 Å². The molecule has 0 aromatic heterocycles. The van der Waals surface area contributed by atoms with Gasteiger partial charge in [0.05, 0.1) is 0 Å². The monoisotopic (exact) mass is 189 g/mol. The van der Waals surface area contributed by atoms with Crippen LogP contribution in [0.1, 0.15) is 5.56 Å². The minimum Gasteiger partial charge on any atom is -0.247 e. The highest BCUT2D eigenvalue weighted by Crippen LogP contribution is 2.29. The van der Waals surface area contributed by atoms with Crippen molar-refractivity contribution in [1.82, 2.24) is 4.90 Å². The summed E-state index contributed by atoms with van der Waals surface area (Å²) in [7, 11) is 2.53. The van der Waals surface area contributed by atoms with Crippen molar-refractivity contribution in [3.63, 3.8) is 0 Å². The van der Waals surface area contributed by atoms with Gasteiger partial charge >= 0.3 is 6.05 Å². The van der Waals surface area contributed by atoms with E-state index < -0.39 is 11.9 Å². The number of halogens is 3. The number of alkyl halides is 2. The summed E-state index contributed by atoms with van der Waals surface area (Å²) in [5.41, 5.74) is -0.209. The topological polar surface area (TPSA) is 3.24 Å². The molecule has 0 radical (unpaired) electrons. The van der Waals surface area contributed by atoms with Gasteiger partial charge in [0.25, 0.3) is 0 Å². The zero-order valence-corrected chi connectivity index (χ0v) is 7.39. The molecular weight excluding hydrogens is 179 g/mol. The van der Waals surface area contributed by atoms with E-state index in [0.29, 0.717) is 0 Å². The van der Waals surface area contributed by atoms with Gasteiger partial charge in [0.15, 0.2) is 0 Å². The molecule has 1 nitrogen and oxygen atoms in total. The molecule has 0 N–H and O–H groups in total. The molecule has 13 heavy (non-hydrogen) atoms. The molecule has 0 unspecified atom stereocenters. The summed E-state index contributed by atoms with van der Waals surface area (Å²) in [4.78, 5) is 0.778. The molecule has 1 rings (SSSR count). The van der Waals surface area contributed by atoms with Crippen LogP contribution in [0.5, 0.6) is 0 Å². The van der Waals surface area contributed by atoms with Crippen LogP contribution in [0, 0.1) is 5.82 Å². The molecule has 72 valence electrons. The summed E-state index contributed by atoms with van der Waals surface area (Å²) in [6, 6.07) is 1.15. The Kier molecular flexibility index (Phi) is 2.61. The van der Waals surface area contributed by atoms with Gasteiger partial charge in [0.1, 0.15) is 5.82 Å². The number of rotatable bonds is 2. The van der Waals surface area contributed by atoms with E-state index in [9.17, 15) is 13.2 Å². The first-order valence-corrected chi connectivity index (χ1v) is 3.76. The van der Waals surface area contributed by atoms with Crippen molar-refractivity contribution in [3.8, 4) is 0 Å². The molecule has 1 aromatic carbocycles. The van der Waals surface area contributed by atoms with Gasteiger partial charge in [-0.15, -0.1) is 0 Å². The lowest BCUT2D eigenvalue weighted by Gasteiger charge is -2.23. The third kappa shape index (κ3) is 2.01. The van der Waals surface area contributed by atoms with Gasteiger partial charge in [-0.1, -0.05) is 0 Å². The highest BCUT2D eigenvalue weighted by Gasteiger charge is 2.33. The predicted octanol–water partition coefficient (Wildman–Crippen LogP) is 2.44. The Labute approximate surface area is 74.8 Å². The summed E-state index contributed by atoms with van der Waals surface area (Å²) in [6.45, 7) is 0. The third-order valence-corrected chi connectivity index (χ3v) is 1.75. The van der Waals surface area contributed by atoms with Crippen LogP contribution in [-0.4, -0.2) is 19.0 Å². The van der Waals surface area contributed by atoms with E-state index in [1.54, 1.807) is 0 Å². The van der Waals surface area contributed by atoms with E-state index in [-0.39, 0.29) is 5.56 Å². The number of hydrogen-bond acceptors (Lipinski definition) is 1. The van der Waals surface area contributed by atoms with Crippen LogP contribution in [0.25, 0.3) is 0 Å². The van der Waals surface area contributed by atoms with Gasteiger partial charge < -0.3 is 0 Å². The van der Waals surface area contributed by atoms with E-state index in [4.69, 9.17) is 0 Å². The second-order valence-electron chi connectivity index (χ2n) is 2.94. The first-order chi connectivity index (χ1) is 5.94. The average Bonchev–Trinajstić information content (AvgIpc) is 2.04. The van der Waals surface area contributed by atoms with Crippen molar-refractivity contribution in [3.05, 3.63) is 35.6 Å². The first-order valence-electron chi connectivity index (χ1n) is 3.76. The molecule has 1 aromatic rings. The van der Waals surface area contributed by atoms with Gasteiger partial charge in [-0.25, -0.2) is 9.29 Å². The molecule has 0 fully saturated rings. The summed E-state index contributed by atoms with van der Waals surface area (Å²) in [5.74, 6) is -0.515. The van der Waals surface area contributed by atoms with E-state index in [0.717, 1.165) is 29.2 Å². The fourth-order valence-electron chi connectivity index (χ4n) is 0.909. The smallest absolute Gasteiger partial charge is 0.247 e. The van der Waals surface area contributed by atoms with Crippen LogP contribution in [0.15, 0.2) is 24.3 Å². The maximum Gasteiger partial charge on any atom is 0.331 e. The molecule has 0 aliphatic rings. The van der Waals surface area contributed by atoms with Crippen molar-refractivity contribution in [2.24, 2.45) is 0 Å². The van der Waals surface area contributed by atoms with E-state index in [1.807, 2.05) is 0 Å². The average molecular weight is 189 g/mol. The largest absolute Gasteiger partial charge is 0.331 e. The molecular formula is C9H10F3N. The quantitative estimate of drug-likeness (QED) is 0.646. The van der Waals surface area contributed by atoms with Crippen LogP contribution in [0.2, 0.25) is 0 Å². The molecule has 0 bridgehead atoms. The SMILES string of the molecule is CN(C)C(F)(F)c1ccc(F)cc1. The Hall–Kier alpha value is -1.03. The minimum absolute atomic E-state index is 0.209. The molecule has 4 heteroatoms. The maximum absolute atomic E-state index is 13.2. The fraction of sp³-hybridized carbons (Fsp3) is 0.333. The minimum atomic E-state index is -3.05. The summed E-state index contributed by atoms with van der Waals surface area (Å²) in [5, 5.41) is 0. The van der Waals surface area contributed by atoms with Crippen LogP contribution in [-0.2, 0) is 6.05 Å². The molecule has 0 heterocycles. The fourth-order valence-corrected chi connectivity index (χ4v) is 0.909. The van der Waals surface area contributed by atoms with Crippen molar-refractivity contribution >= 4 is 0 Å². The van der Waals surface area contributed by atoms with Gasteiger partial charge in [0.2, 0.25) is 0 Å². The summed E-state index contributed by atoms with van der Waals surface area (Å²) in [6.07, 6.45) is 0. The molecule has 0 amide bonds. The Morgan fingerprint density at radius 2 is 1.54 bits per heavy atom. The highest BCUT2D eigenvalue weighted by atomic mass is 19.3. The van der Waals surface area contributed by atoms with Gasteiger partial charge in [0, 0.05) is 5.56 Å². The van der Waals surface area contributed by atoms with Gasteiger partial charge in [-0.3, -0.25) is 0 Å². The van der Waals surface area contributed by atoms with Gasteiger partial charge in [-0.05, 0) is 38.4 Å². The second kappa shape index (κ2) is 3.38. The van der Waals surface area contributed by atoms with E-state index in [1.165, 1.54) is 14.1 Å². The normalized spacial score (nSPS) is 12.2. The van der Waals surface area contributed by atoms with Crippen LogP contribution in [0.4, 0.5) is 13.2 Å². The summed E-state index contributed by atoms with van der Waals surface area (Å²) < 4.78 is 38.8. The maximum atomic E-state index is 13.2. The van der Waals surface area contributed by atoms with Crippen molar-refractivity contribution in [2.75, 3.05) is 14.1 Å². The second-order valence-corrected chi connectivity index (χ2v) is 2.94. The summed E-state index contributed by atoms with van der Waals surface area (Å²) >= 11 is 0. The zero-order valence-electron chi connectivity index (χ0n) is 7.39. The predicted molar refractivity (Wildman–Crippen MR) is 44.0 cm³/mol. The third-order valence-electron chi connectivity index (χ3n) is 1.75. The lowest BCUT2D eigenvalue weighted by atomic mass is 10.2. The van der Waals surface area contributed by atoms with Crippen LogP contribution >= 0.6 is 0 Å². The first kappa shape index (κ1) is 10.1. The standard InChI is InChI=1S/C9H10F3N/c1-13(2)9(11,12)7-3-5-8(10)6-4-7/h3-6H,1-2H3. The number of hydrogen-bond donors (Lipinski definition) is 0. The van der Waals surface area contributed by atoms with E-state index >= 15 is 0 Å². The molecule has 0 spiro atoms. The Morgan fingerprint density at radius 1 is 1.08 bits per heavy atom. The van der Waals surface area contributed by atoms with Gasteiger partial charge in [-0.2, -0.15) is 8.78 Å². The van der Waals surface area contributed by atoms with Crippen molar-refractivity contribution in [1.29, 1.82) is 0 Å². The Bertz CT molecular complexity index is 279. The lowest BCUT2D eigenvalue weighted by molar-refractivity contribution is -0.130. The number of nitrogens with zero attached hydrogens (tertiary/aromatic N) is 1. The molecule has 0 atom stereocenters. The van der Waals surface area contributed by atoms with Crippen LogP contribution < -0.4 is 0 Å². The lowest BCUT2D eigenvalue weighted by Crippen LogP contribution is -2.32. The molecule has 0 aliphatic heterocycles.